The van der Waals surface area contributed by atoms with Crippen LogP contribution < -0.4 is 5.56 Å². The number of aromatic nitrogens is 5. The van der Waals surface area contributed by atoms with Crippen LogP contribution in [0, 0.1) is 5.92 Å². The molecule has 7 nitrogen and oxygen atoms in total. The number of nitrogens with zero attached hydrogens (tertiary/aromatic N) is 6. The third kappa shape index (κ3) is 2.64. The second-order valence-electron chi connectivity index (χ2n) is 7.23. The van der Waals surface area contributed by atoms with Crippen molar-refractivity contribution in [1.82, 2.24) is 29.7 Å². The van der Waals surface area contributed by atoms with E-state index in [0.29, 0.717) is 18.4 Å². The zero-order valence-corrected chi connectivity index (χ0v) is 14.4. The largest absolute Gasteiger partial charge is 0.312 e. The Bertz CT molecular complexity index is 979. The maximum absolute atomic E-state index is 12.2. The molecule has 1 saturated heterocycles. The Kier molecular flexibility index (Phi) is 3.67. The predicted octanol–water partition coefficient (Wildman–Crippen LogP) is 1.44. The van der Waals surface area contributed by atoms with E-state index in [9.17, 15) is 4.79 Å². The highest BCUT2D eigenvalue weighted by Crippen LogP contribution is 2.35. The van der Waals surface area contributed by atoms with Gasteiger partial charge in [0.2, 0.25) is 0 Å². The minimum absolute atomic E-state index is 0.124. The van der Waals surface area contributed by atoms with Crippen LogP contribution in [0.2, 0.25) is 0 Å². The van der Waals surface area contributed by atoms with Crippen molar-refractivity contribution >= 4 is 0 Å². The van der Waals surface area contributed by atoms with Crippen molar-refractivity contribution in [2.75, 3.05) is 13.1 Å². The third-order valence-corrected chi connectivity index (χ3v) is 5.46. The number of hydrogen-bond donors (Lipinski definition) is 0. The molecule has 0 amide bonds. The van der Waals surface area contributed by atoms with Crippen molar-refractivity contribution in [2.24, 2.45) is 5.92 Å². The van der Waals surface area contributed by atoms with Crippen LogP contribution in [0.1, 0.15) is 23.9 Å². The van der Waals surface area contributed by atoms with E-state index in [-0.39, 0.29) is 5.56 Å². The summed E-state index contributed by atoms with van der Waals surface area (Å²) in [5.74, 6) is 1.75. The summed E-state index contributed by atoms with van der Waals surface area (Å²) in [6.07, 6.45) is 1.16. The number of hydrogen-bond acceptors (Lipinski definition) is 5. The fourth-order valence-electron chi connectivity index (χ4n) is 4.40. The van der Waals surface area contributed by atoms with Crippen molar-refractivity contribution in [3.63, 3.8) is 0 Å². The molecule has 2 bridgehead atoms. The van der Waals surface area contributed by atoms with Crippen molar-refractivity contribution in [1.29, 1.82) is 0 Å². The van der Waals surface area contributed by atoms with Gasteiger partial charge in [0.25, 0.3) is 5.56 Å². The molecule has 0 spiro atoms. The summed E-state index contributed by atoms with van der Waals surface area (Å²) in [4.78, 5) is 14.6. The number of piperidine rings is 1. The summed E-state index contributed by atoms with van der Waals surface area (Å²) >= 11 is 0. The Labute approximate surface area is 150 Å². The van der Waals surface area contributed by atoms with Crippen LogP contribution in [0.5, 0.6) is 0 Å². The van der Waals surface area contributed by atoms with E-state index < -0.39 is 0 Å². The number of para-hydroxylation sites is 1. The van der Waals surface area contributed by atoms with Gasteiger partial charge in [-0.05, 0) is 41.0 Å². The number of tetrazole rings is 1. The van der Waals surface area contributed by atoms with E-state index in [4.69, 9.17) is 0 Å². The lowest BCUT2D eigenvalue weighted by Crippen LogP contribution is -2.46. The van der Waals surface area contributed by atoms with Crippen LogP contribution in [0.3, 0.4) is 0 Å². The van der Waals surface area contributed by atoms with Crippen LogP contribution >= 0.6 is 0 Å². The average molecular weight is 348 g/mol. The number of rotatable bonds is 3. The zero-order chi connectivity index (χ0) is 17.5. The highest BCUT2D eigenvalue weighted by molar-refractivity contribution is 5.30. The highest BCUT2D eigenvalue weighted by atomic mass is 16.1. The molecule has 1 fully saturated rings. The Hall–Kier alpha value is -2.80. The van der Waals surface area contributed by atoms with Gasteiger partial charge in [0.1, 0.15) is 0 Å². The molecule has 2 aliphatic heterocycles. The van der Waals surface area contributed by atoms with Crippen LogP contribution in [-0.2, 0) is 13.1 Å². The first-order valence-electron chi connectivity index (χ1n) is 9.03. The summed E-state index contributed by atoms with van der Waals surface area (Å²) in [5, 5.41) is 12.3. The lowest BCUT2D eigenvalue weighted by molar-refractivity contribution is 0.111. The molecule has 3 aromatic rings. The van der Waals surface area contributed by atoms with Gasteiger partial charge < -0.3 is 4.57 Å². The monoisotopic (exact) mass is 348 g/mol. The van der Waals surface area contributed by atoms with Crippen LogP contribution in [0.4, 0.5) is 0 Å². The summed E-state index contributed by atoms with van der Waals surface area (Å²) in [7, 11) is 0. The standard InChI is InChI=1S/C19H20N6O/c26-19-8-4-7-17-15-9-14(11-24(17)19)10-23(12-15)13-18-20-21-22-25(18)16-5-2-1-3-6-16/h1-8,14-15H,9-13H2/t14-,15+/m1/s1. The van der Waals surface area contributed by atoms with Crippen molar-refractivity contribution in [3.8, 4) is 5.69 Å². The van der Waals surface area contributed by atoms with Crippen molar-refractivity contribution in [3.05, 3.63) is 70.4 Å². The molecule has 0 saturated carbocycles. The number of fused-ring (bicyclic) bond motifs is 4. The molecule has 0 unspecified atom stereocenters. The molecular formula is C19H20N6O. The fourth-order valence-corrected chi connectivity index (χ4v) is 4.40. The van der Waals surface area contributed by atoms with Gasteiger partial charge in [0, 0.05) is 37.3 Å². The van der Waals surface area contributed by atoms with E-state index in [1.807, 2.05) is 45.6 Å². The Balaban J connectivity index is 1.40. The average Bonchev–Trinajstić information content (AvgIpc) is 3.11. The van der Waals surface area contributed by atoms with E-state index >= 15 is 0 Å². The molecule has 26 heavy (non-hydrogen) atoms. The lowest BCUT2D eigenvalue weighted by atomic mass is 9.83. The first-order chi connectivity index (χ1) is 12.8. The molecule has 0 aliphatic carbocycles. The van der Waals surface area contributed by atoms with Crippen LogP contribution in [0.25, 0.3) is 5.69 Å². The van der Waals surface area contributed by atoms with Gasteiger partial charge in [-0.25, -0.2) is 0 Å². The molecular weight excluding hydrogens is 328 g/mol. The molecule has 4 heterocycles. The second kappa shape index (κ2) is 6.17. The minimum Gasteiger partial charge on any atom is -0.312 e. The molecule has 2 aliphatic rings. The molecule has 0 radical (unpaired) electrons. The molecule has 132 valence electrons. The molecule has 1 aromatic carbocycles. The summed E-state index contributed by atoms with van der Waals surface area (Å²) in [5.41, 5.74) is 2.27. The lowest BCUT2D eigenvalue weighted by Gasteiger charge is -2.42. The highest BCUT2D eigenvalue weighted by Gasteiger charge is 2.34. The van der Waals surface area contributed by atoms with E-state index in [0.717, 1.165) is 37.6 Å². The van der Waals surface area contributed by atoms with Crippen molar-refractivity contribution in [2.45, 2.75) is 25.4 Å². The van der Waals surface area contributed by atoms with Gasteiger partial charge in [0.15, 0.2) is 5.82 Å². The Morgan fingerprint density at radius 2 is 1.88 bits per heavy atom. The smallest absolute Gasteiger partial charge is 0.250 e. The van der Waals surface area contributed by atoms with E-state index in [2.05, 4.69) is 26.5 Å². The fraction of sp³-hybridized carbons (Fsp3) is 0.368. The van der Waals surface area contributed by atoms with Gasteiger partial charge >= 0.3 is 0 Å². The van der Waals surface area contributed by atoms with Gasteiger partial charge in [-0.2, -0.15) is 4.68 Å². The molecule has 0 N–H and O–H groups in total. The van der Waals surface area contributed by atoms with Crippen LogP contribution in [-0.4, -0.2) is 42.8 Å². The van der Waals surface area contributed by atoms with E-state index in [1.165, 1.54) is 5.69 Å². The Morgan fingerprint density at radius 3 is 2.77 bits per heavy atom. The van der Waals surface area contributed by atoms with Gasteiger partial charge in [0.05, 0.1) is 12.2 Å². The summed E-state index contributed by atoms with van der Waals surface area (Å²) in [6.45, 7) is 3.43. The molecule has 2 aromatic heterocycles. The van der Waals surface area contributed by atoms with Crippen LogP contribution in [0.15, 0.2) is 53.3 Å². The quantitative estimate of drug-likeness (QED) is 0.716. The van der Waals surface area contributed by atoms with E-state index in [1.54, 1.807) is 6.07 Å². The number of benzene rings is 1. The second-order valence-corrected chi connectivity index (χ2v) is 7.23. The third-order valence-electron chi connectivity index (χ3n) is 5.46. The number of pyridine rings is 1. The number of likely N-dealkylation sites (tertiary alicyclic amines) is 1. The summed E-state index contributed by atoms with van der Waals surface area (Å²) < 4.78 is 3.77. The topological polar surface area (TPSA) is 68.8 Å². The normalized spacial score (nSPS) is 22.2. The molecule has 2 atom stereocenters. The van der Waals surface area contributed by atoms with Crippen molar-refractivity contribution < 1.29 is 0 Å². The minimum atomic E-state index is 0.124. The molecule has 7 heteroatoms. The van der Waals surface area contributed by atoms with Gasteiger partial charge in [-0.3, -0.25) is 9.69 Å². The molecule has 5 rings (SSSR count). The first-order valence-corrected chi connectivity index (χ1v) is 9.03. The maximum atomic E-state index is 12.2. The van der Waals surface area contributed by atoms with Gasteiger partial charge in [-0.1, -0.05) is 24.3 Å². The Morgan fingerprint density at radius 1 is 1.00 bits per heavy atom. The maximum Gasteiger partial charge on any atom is 0.250 e. The zero-order valence-electron chi connectivity index (χ0n) is 14.4. The first kappa shape index (κ1) is 15.5. The van der Waals surface area contributed by atoms with Gasteiger partial charge in [-0.15, -0.1) is 5.10 Å². The predicted molar refractivity (Wildman–Crippen MR) is 96.0 cm³/mol. The summed E-state index contributed by atoms with van der Waals surface area (Å²) in [6, 6.07) is 15.6. The SMILES string of the molecule is O=c1cccc2n1C[C@@H]1C[C@H]2CN(Cc2nnnn2-c2ccccc2)C1.